The van der Waals surface area contributed by atoms with Crippen molar-refractivity contribution in [2.75, 3.05) is 14.2 Å². The van der Waals surface area contributed by atoms with Crippen LogP contribution in [0.3, 0.4) is 0 Å². The highest BCUT2D eigenvalue weighted by molar-refractivity contribution is 5.91. The van der Waals surface area contributed by atoms with Crippen LogP contribution in [0, 0.1) is 35.5 Å². The Bertz CT molecular complexity index is 1030. The molecule has 6 rings (SSSR count). The molecule has 0 heterocycles. The Morgan fingerprint density at radius 3 is 1.62 bits per heavy atom. The van der Waals surface area contributed by atoms with Crippen molar-refractivity contribution in [1.82, 2.24) is 0 Å². The third-order valence-electron chi connectivity index (χ3n) is 8.84. The van der Waals surface area contributed by atoms with E-state index < -0.39 is 24.1 Å². The largest absolute Gasteiger partial charge is 0.497 e. The summed E-state index contributed by atoms with van der Waals surface area (Å²) in [4.78, 5) is 26.3. The van der Waals surface area contributed by atoms with Crippen molar-refractivity contribution in [2.45, 2.75) is 37.9 Å². The summed E-state index contributed by atoms with van der Waals surface area (Å²) in [5.41, 5.74) is 0.897. The van der Waals surface area contributed by atoms with Gasteiger partial charge >= 0.3 is 11.9 Å². The van der Waals surface area contributed by atoms with Crippen LogP contribution in [0.25, 0.3) is 0 Å². The number of carbonyl (C=O) groups is 2. The Hall–Kier alpha value is -3.02. The summed E-state index contributed by atoms with van der Waals surface area (Å²) < 4.78 is 22.8. The highest BCUT2D eigenvalue weighted by atomic mass is 16.6. The van der Waals surface area contributed by atoms with Gasteiger partial charge in [0.25, 0.3) is 0 Å². The molecule has 4 saturated carbocycles. The van der Waals surface area contributed by atoms with Crippen LogP contribution >= 0.6 is 0 Å². The van der Waals surface area contributed by atoms with Gasteiger partial charge in [-0.2, -0.15) is 0 Å². The molecule has 6 heteroatoms. The Balaban J connectivity index is 1.27. The zero-order valence-corrected chi connectivity index (χ0v) is 19.5. The SMILES string of the molecule is COc1cccc(C(=O)OC2C3CC(C2OC(=O)c2cccc(OC)c2)C2C4CCC(C4)C32)c1. The first kappa shape index (κ1) is 21.5. The van der Waals surface area contributed by atoms with Gasteiger partial charge in [-0.1, -0.05) is 12.1 Å². The smallest absolute Gasteiger partial charge is 0.338 e. The van der Waals surface area contributed by atoms with E-state index in [2.05, 4.69) is 0 Å². The minimum absolute atomic E-state index is 0.253. The van der Waals surface area contributed by atoms with Gasteiger partial charge in [-0.25, -0.2) is 9.59 Å². The van der Waals surface area contributed by atoms with Crippen molar-refractivity contribution < 1.29 is 28.5 Å². The number of rotatable bonds is 6. The molecule has 0 N–H and O–H groups in total. The standard InChI is InChI=1S/C28H30O6/c1-31-19-7-3-5-17(12-19)27(29)33-25-21-14-22(24-16-10-9-15(11-16)23(21)24)26(25)34-28(30)18-6-4-8-20(13-18)32-2/h3-8,12-13,15-16,21-26H,9-11,14H2,1-2H3. The molecule has 0 saturated heterocycles. The normalized spacial score (nSPS) is 34.5. The quantitative estimate of drug-likeness (QED) is 0.455. The van der Waals surface area contributed by atoms with E-state index in [1.807, 2.05) is 0 Å². The molecule has 4 bridgehead atoms. The zero-order chi connectivity index (χ0) is 23.4. The van der Waals surface area contributed by atoms with Crippen LogP contribution in [0.5, 0.6) is 11.5 Å². The molecule has 0 aromatic heterocycles. The summed E-state index contributed by atoms with van der Waals surface area (Å²) in [6, 6.07) is 14.0. The molecule has 0 aliphatic heterocycles. The van der Waals surface area contributed by atoms with Gasteiger partial charge in [-0.05, 0) is 85.8 Å². The molecule has 2 aromatic carbocycles. The maximum absolute atomic E-state index is 13.1. The van der Waals surface area contributed by atoms with Gasteiger partial charge in [0.15, 0.2) is 0 Å². The first-order valence-corrected chi connectivity index (χ1v) is 12.3. The van der Waals surface area contributed by atoms with E-state index in [1.165, 1.54) is 19.3 Å². The fourth-order valence-corrected chi connectivity index (χ4v) is 7.66. The molecule has 34 heavy (non-hydrogen) atoms. The molecule has 178 valence electrons. The predicted molar refractivity (Wildman–Crippen MR) is 124 cm³/mol. The number of ether oxygens (including phenoxy) is 4. The van der Waals surface area contributed by atoms with Crippen molar-refractivity contribution >= 4 is 11.9 Å². The monoisotopic (exact) mass is 462 g/mol. The Morgan fingerprint density at radius 1 is 0.706 bits per heavy atom. The van der Waals surface area contributed by atoms with Crippen LogP contribution in [0.15, 0.2) is 48.5 Å². The molecule has 0 amide bonds. The second-order valence-corrected chi connectivity index (χ2v) is 10.3. The number of carbonyl (C=O) groups excluding carboxylic acids is 2. The third-order valence-corrected chi connectivity index (χ3v) is 8.84. The Morgan fingerprint density at radius 2 is 1.18 bits per heavy atom. The van der Waals surface area contributed by atoms with Crippen LogP contribution < -0.4 is 9.47 Å². The van der Waals surface area contributed by atoms with Crippen molar-refractivity contribution in [3.05, 3.63) is 59.7 Å². The van der Waals surface area contributed by atoms with Gasteiger partial charge in [0.2, 0.25) is 0 Å². The summed E-state index contributed by atoms with van der Waals surface area (Å²) in [6.45, 7) is 0. The van der Waals surface area contributed by atoms with Crippen molar-refractivity contribution in [2.24, 2.45) is 35.5 Å². The van der Waals surface area contributed by atoms with E-state index in [-0.39, 0.29) is 11.8 Å². The average molecular weight is 463 g/mol. The fourth-order valence-electron chi connectivity index (χ4n) is 7.66. The highest BCUT2D eigenvalue weighted by Crippen LogP contribution is 2.68. The van der Waals surface area contributed by atoms with E-state index in [4.69, 9.17) is 18.9 Å². The predicted octanol–water partition coefficient (Wildman–Crippen LogP) is 4.77. The maximum atomic E-state index is 13.1. The average Bonchev–Trinajstić information content (AvgIpc) is 3.65. The molecule has 4 aliphatic carbocycles. The summed E-state index contributed by atoms with van der Waals surface area (Å²) in [6.07, 6.45) is 3.96. The van der Waals surface area contributed by atoms with Crippen LogP contribution in [-0.4, -0.2) is 38.4 Å². The summed E-state index contributed by atoms with van der Waals surface area (Å²) >= 11 is 0. The Kier molecular flexibility index (Phi) is 5.27. The minimum atomic E-state index is -0.418. The number of esters is 2. The van der Waals surface area contributed by atoms with Gasteiger partial charge in [-0.15, -0.1) is 0 Å². The van der Waals surface area contributed by atoms with Crippen LogP contribution in [-0.2, 0) is 9.47 Å². The maximum Gasteiger partial charge on any atom is 0.338 e. The first-order chi connectivity index (χ1) is 16.6. The molecule has 0 radical (unpaired) electrons. The van der Waals surface area contributed by atoms with E-state index in [9.17, 15) is 9.59 Å². The molecule has 4 fully saturated rings. The van der Waals surface area contributed by atoms with Crippen molar-refractivity contribution in [3.63, 3.8) is 0 Å². The van der Waals surface area contributed by atoms with Gasteiger partial charge in [-0.3, -0.25) is 0 Å². The van der Waals surface area contributed by atoms with E-state index in [0.29, 0.717) is 34.5 Å². The molecular formula is C28H30O6. The van der Waals surface area contributed by atoms with Crippen molar-refractivity contribution in [3.8, 4) is 11.5 Å². The molecular weight excluding hydrogens is 432 g/mol. The fraction of sp³-hybridized carbons (Fsp3) is 0.500. The van der Waals surface area contributed by atoms with E-state index in [1.54, 1.807) is 62.8 Å². The topological polar surface area (TPSA) is 71.1 Å². The summed E-state index contributed by atoms with van der Waals surface area (Å²) in [5, 5.41) is 0. The molecule has 4 aliphatic rings. The minimum Gasteiger partial charge on any atom is -0.497 e. The molecule has 6 nitrogen and oxygen atoms in total. The van der Waals surface area contributed by atoms with Crippen LogP contribution in [0.1, 0.15) is 46.4 Å². The lowest BCUT2D eigenvalue weighted by Crippen LogP contribution is -2.48. The molecule has 8 atom stereocenters. The lowest BCUT2D eigenvalue weighted by molar-refractivity contribution is -0.0891. The van der Waals surface area contributed by atoms with Crippen molar-refractivity contribution in [1.29, 1.82) is 0 Å². The van der Waals surface area contributed by atoms with Gasteiger partial charge in [0, 0.05) is 11.8 Å². The summed E-state index contributed by atoms with van der Waals surface area (Å²) in [7, 11) is 3.15. The molecule has 8 unspecified atom stereocenters. The number of fused-ring (bicyclic) bond motifs is 9. The van der Waals surface area contributed by atoms with Gasteiger partial charge in [0.05, 0.1) is 25.3 Å². The van der Waals surface area contributed by atoms with E-state index >= 15 is 0 Å². The molecule has 2 aromatic rings. The first-order valence-electron chi connectivity index (χ1n) is 12.3. The lowest BCUT2D eigenvalue weighted by Gasteiger charge is -2.42. The van der Waals surface area contributed by atoms with Gasteiger partial charge in [0.1, 0.15) is 23.7 Å². The number of hydrogen-bond donors (Lipinski definition) is 0. The second kappa shape index (κ2) is 8.33. The van der Waals surface area contributed by atoms with Crippen LogP contribution in [0.2, 0.25) is 0 Å². The second-order valence-electron chi connectivity index (χ2n) is 10.3. The zero-order valence-electron chi connectivity index (χ0n) is 19.5. The summed E-state index contributed by atoms with van der Waals surface area (Å²) in [5.74, 6) is 3.55. The number of methoxy groups -OCH3 is 2. The number of hydrogen-bond acceptors (Lipinski definition) is 6. The number of benzene rings is 2. The molecule has 0 spiro atoms. The highest BCUT2D eigenvalue weighted by Gasteiger charge is 2.68. The third kappa shape index (κ3) is 3.38. The van der Waals surface area contributed by atoms with E-state index in [0.717, 1.165) is 18.3 Å². The Labute approximate surface area is 199 Å². The lowest BCUT2D eigenvalue weighted by atomic mass is 9.69. The van der Waals surface area contributed by atoms with Gasteiger partial charge < -0.3 is 18.9 Å². The van der Waals surface area contributed by atoms with Crippen LogP contribution in [0.4, 0.5) is 0 Å².